The predicted octanol–water partition coefficient (Wildman–Crippen LogP) is 1.99. The lowest BCUT2D eigenvalue weighted by atomic mass is 9.89. The average molecular weight is 314 g/mol. The third kappa shape index (κ3) is 3.88. The summed E-state index contributed by atoms with van der Waals surface area (Å²) in [5.74, 6) is 0.133. The number of rotatable bonds is 5. The van der Waals surface area contributed by atoms with E-state index in [1.807, 2.05) is 6.07 Å². The lowest BCUT2D eigenvalue weighted by Crippen LogP contribution is -2.38. The molecule has 0 unspecified atom stereocenters. The van der Waals surface area contributed by atoms with E-state index in [9.17, 15) is 9.59 Å². The Morgan fingerprint density at radius 1 is 1.13 bits per heavy atom. The van der Waals surface area contributed by atoms with Gasteiger partial charge in [0, 0.05) is 24.6 Å². The molecular weight excluding hydrogens is 292 g/mol. The van der Waals surface area contributed by atoms with Gasteiger partial charge < -0.3 is 15.6 Å². The SMILES string of the molecule is O=C(NCCNC(=O)C1CCCCC1)c1ccc2nc[nH]c2c1. The van der Waals surface area contributed by atoms with Gasteiger partial charge in [-0.2, -0.15) is 0 Å². The zero-order chi connectivity index (χ0) is 16.1. The summed E-state index contributed by atoms with van der Waals surface area (Å²) < 4.78 is 0. The summed E-state index contributed by atoms with van der Waals surface area (Å²) in [5.41, 5.74) is 2.25. The number of hydrogen-bond donors (Lipinski definition) is 3. The first kappa shape index (κ1) is 15.5. The van der Waals surface area contributed by atoms with Crippen LogP contribution in [0.2, 0.25) is 0 Å². The number of aromatic amines is 1. The first-order valence-corrected chi connectivity index (χ1v) is 8.23. The monoisotopic (exact) mass is 314 g/mol. The van der Waals surface area contributed by atoms with Gasteiger partial charge in [-0.25, -0.2) is 4.98 Å². The number of carbonyl (C=O) groups excluding carboxylic acids is 2. The molecule has 122 valence electrons. The van der Waals surface area contributed by atoms with E-state index in [-0.39, 0.29) is 17.7 Å². The molecule has 1 aromatic heterocycles. The van der Waals surface area contributed by atoms with Crippen molar-refractivity contribution in [3.8, 4) is 0 Å². The van der Waals surface area contributed by atoms with Gasteiger partial charge in [0.1, 0.15) is 0 Å². The minimum atomic E-state index is -0.145. The van der Waals surface area contributed by atoms with Crippen LogP contribution in [0.4, 0.5) is 0 Å². The maximum atomic E-state index is 12.1. The zero-order valence-corrected chi connectivity index (χ0v) is 13.1. The van der Waals surface area contributed by atoms with E-state index < -0.39 is 0 Å². The number of hydrogen-bond acceptors (Lipinski definition) is 3. The molecule has 0 atom stereocenters. The number of nitrogens with one attached hydrogen (secondary N) is 3. The van der Waals surface area contributed by atoms with Crippen LogP contribution in [0.1, 0.15) is 42.5 Å². The minimum Gasteiger partial charge on any atom is -0.354 e. The van der Waals surface area contributed by atoms with E-state index >= 15 is 0 Å². The van der Waals surface area contributed by atoms with Crippen molar-refractivity contribution in [1.29, 1.82) is 0 Å². The third-order valence-corrected chi connectivity index (χ3v) is 4.37. The summed E-state index contributed by atoms with van der Waals surface area (Å²) in [6.07, 6.45) is 7.11. The number of benzene rings is 1. The van der Waals surface area contributed by atoms with Crippen LogP contribution in [0.15, 0.2) is 24.5 Å². The van der Waals surface area contributed by atoms with Crippen molar-refractivity contribution < 1.29 is 9.59 Å². The van der Waals surface area contributed by atoms with Crippen LogP contribution in [0, 0.1) is 5.92 Å². The zero-order valence-electron chi connectivity index (χ0n) is 13.1. The number of carbonyl (C=O) groups is 2. The maximum Gasteiger partial charge on any atom is 0.251 e. The topological polar surface area (TPSA) is 86.9 Å². The van der Waals surface area contributed by atoms with Gasteiger partial charge in [-0.1, -0.05) is 19.3 Å². The minimum absolute atomic E-state index is 0.123. The number of nitrogens with zero attached hydrogens (tertiary/aromatic N) is 1. The van der Waals surface area contributed by atoms with Crippen molar-refractivity contribution in [2.75, 3.05) is 13.1 Å². The number of amides is 2. The molecule has 1 heterocycles. The molecule has 1 saturated carbocycles. The highest BCUT2D eigenvalue weighted by molar-refractivity contribution is 5.97. The summed E-state index contributed by atoms with van der Waals surface area (Å²) in [4.78, 5) is 31.2. The van der Waals surface area contributed by atoms with E-state index in [1.54, 1.807) is 18.5 Å². The van der Waals surface area contributed by atoms with Gasteiger partial charge in [-0.15, -0.1) is 0 Å². The Morgan fingerprint density at radius 3 is 2.74 bits per heavy atom. The van der Waals surface area contributed by atoms with Crippen molar-refractivity contribution in [1.82, 2.24) is 20.6 Å². The molecule has 1 aliphatic carbocycles. The van der Waals surface area contributed by atoms with Gasteiger partial charge in [0.05, 0.1) is 17.4 Å². The Balaban J connectivity index is 1.42. The smallest absolute Gasteiger partial charge is 0.251 e. The van der Waals surface area contributed by atoms with Crippen LogP contribution in [-0.4, -0.2) is 34.9 Å². The second-order valence-electron chi connectivity index (χ2n) is 6.02. The molecular formula is C17H22N4O2. The van der Waals surface area contributed by atoms with Crippen LogP contribution >= 0.6 is 0 Å². The molecule has 0 aliphatic heterocycles. The molecule has 1 aliphatic rings. The Kier molecular flexibility index (Phi) is 4.90. The van der Waals surface area contributed by atoms with E-state index in [2.05, 4.69) is 20.6 Å². The number of imidazole rings is 1. The normalized spacial score (nSPS) is 15.5. The second-order valence-corrected chi connectivity index (χ2v) is 6.02. The van der Waals surface area contributed by atoms with E-state index in [1.165, 1.54) is 6.42 Å². The largest absolute Gasteiger partial charge is 0.354 e. The molecule has 2 aromatic rings. The van der Waals surface area contributed by atoms with Crippen molar-refractivity contribution in [3.05, 3.63) is 30.1 Å². The molecule has 0 radical (unpaired) electrons. The Bertz CT molecular complexity index is 689. The van der Waals surface area contributed by atoms with Crippen LogP contribution in [-0.2, 0) is 4.79 Å². The third-order valence-electron chi connectivity index (χ3n) is 4.37. The lowest BCUT2D eigenvalue weighted by Gasteiger charge is -2.20. The summed E-state index contributed by atoms with van der Waals surface area (Å²) in [6, 6.07) is 5.34. The second kappa shape index (κ2) is 7.26. The first-order valence-electron chi connectivity index (χ1n) is 8.23. The van der Waals surface area contributed by atoms with Gasteiger partial charge in [-0.05, 0) is 31.0 Å². The van der Waals surface area contributed by atoms with Crippen LogP contribution in [0.5, 0.6) is 0 Å². The molecule has 2 amide bonds. The molecule has 6 nitrogen and oxygen atoms in total. The number of aromatic nitrogens is 2. The molecule has 3 rings (SSSR count). The Hall–Kier alpha value is -2.37. The summed E-state index contributed by atoms with van der Waals surface area (Å²) >= 11 is 0. The van der Waals surface area contributed by atoms with Gasteiger partial charge in [-0.3, -0.25) is 9.59 Å². The van der Waals surface area contributed by atoms with E-state index in [4.69, 9.17) is 0 Å². The maximum absolute atomic E-state index is 12.1. The van der Waals surface area contributed by atoms with Crippen LogP contribution in [0.3, 0.4) is 0 Å². The Morgan fingerprint density at radius 2 is 1.91 bits per heavy atom. The number of fused-ring (bicyclic) bond motifs is 1. The molecule has 23 heavy (non-hydrogen) atoms. The molecule has 1 fully saturated rings. The molecule has 0 saturated heterocycles. The molecule has 0 bridgehead atoms. The average Bonchev–Trinajstić information content (AvgIpc) is 3.06. The number of H-pyrrole nitrogens is 1. The molecule has 6 heteroatoms. The first-order chi connectivity index (χ1) is 11.2. The molecule has 3 N–H and O–H groups in total. The predicted molar refractivity (Wildman–Crippen MR) is 88.0 cm³/mol. The van der Waals surface area contributed by atoms with Gasteiger partial charge in [0.15, 0.2) is 0 Å². The van der Waals surface area contributed by atoms with E-state index in [0.29, 0.717) is 18.7 Å². The van der Waals surface area contributed by atoms with Crippen molar-refractivity contribution >= 4 is 22.8 Å². The van der Waals surface area contributed by atoms with Gasteiger partial charge >= 0.3 is 0 Å². The fourth-order valence-electron chi connectivity index (χ4n) is 3.05. The van der Waals surface area contributed by atoms with E-state index in [0.717, 1.165) is 36.7 Å². The van der Waals surface area contributed by atoms with Crippen molar-refractivity contribution in [2.24, 2.45) is 5.92 Å². The molecule has 0 spiro atoms. The van der Waals surface area contributed by atoms with Crippen molar-refractivity contribution in [3.63, 3.8) is 0 Å². The quantitative estimate of drug-likeness (QED) is 0.738. The van der Waals surface area contributed by atoms with Crippen LogP contribution < -0.4 is 10.6 Å². The fourth-order valence-corrected chi connectivity index (χ4v) is 3.05. The highest BCUT2D eigenvalue weighted by Crippen LogP contribution is 2.23. The van der Waals surface area contributed by atoms with Gasteiger partial charge in [0.25, 0.3) is 5.91 Å². The highest BCUT2D eigenvalue weighted by atomic mass is 16.2. The molecule has 1 aromatic carbocycles. The highest BCUT2D eigenvalue weighted by Gasteiger charge is 2.20. The van der Waals surface area contributed by atoms with Gasteiger partial charge in [0.2, 0.25) is 5.91 Å². The summed E-state index contributed by atoms with van der Waals surface area (Å²) in [7, 11) is 0. The Labute approximate surface area is 135 Å². The van der Waals surface area contributed by atoms with Crippen LogP contribution in [0.25, 0.3) is 11.0 Å². The van der Waals surface area contributed by atoms with Crippen molar-refractivity contribution in [2.45, 2.75) is 32.1 Å². The standard InChI is InChI=1S/C17H22N4O2/c22-16(12-4-2-1-3-5-12)18-8-9-19-17(23)13-6-7-14-15(10-13)21-11-20-14/h6-7,10-12H,1-5,8-9H2,(H,18,22)(H,19,23)(H,20,21). The lowest BCUT2D eigenvalue weighted by molar-refractivity contribution is -0.125. The summed E-state index contributed by atoms with van der Waals surface area (Å²) in [5, 5.41) is 5.74. The summed E-state index contributed by atoms with van der Waals surface area (Å²) in [6.45, 7) is 0.895. The fraction of sp³-hybridized carbons (Fsp3) is 0.471.